The van der Waals surface area contributed by atoms with Crippen molar-refractivity contribution < 1.29 is 0 Å². The van der Waals surface area contributed by atoms with Crippen LogP contribution >= 0.6 is 11.6 Å². The molecule has 88 valence electrons. The number of nitrogens with zero attached hydrogens (tertiary/aromatic N) is 3. The van der Waals surface area contributed by atoms with Crippen LogP contribution in [0.3, 0.4) is 0 Å². The summed E-state index contributed by atoms with van der Waals surface area (Å²) in [6.45, 7) is 0. The van der Waals surface area contributed by atoms with Crippen molar-refractivity contribution in [3.63, 3.8) is 0 Å². The second kappa shape index (κ2) is 4.23. The van der Waals surface area contributed by atoms with Crippen LogP contribution in [-0.4, -0.2) is 14.4 Å². The molecule has 0 atom stereocenters. The van der Waals surface area contributed by atoms with Crippen molar-refractivity contribution in [1.82, 2.24) is 14.4 Å². The van der Waals surface area contributed by atoms with Gasteiger partial charge in [0.1, 0.15) is 5.65 Å². The summed E-state index contributed by atoms with van der Waals surface area (Å²) in [5.74, 6) is 0.405. The van der Waals surface area contributed by atoms with E-state index in [2.05, 4.69) is 9.97 Å². The number of fused-ring (bicyclic) bond motifs is 1. The molecular weight excluding hydrogens is 250 g/mol. The lowest BCUT2D eigenvalue weighted by Gasteiger charge is -2.02. The van der Waals surface area contributed by atoms with Gasteiger partial charge in [0.25, 0.3) is 0 Å². The largest absolute Gasteiger partial charge is 0.355 e. The van der Waals surface area contributed by atoms with Crippen LogP contribution in [0.4, 0.5) is 0 Å². The van der Waals surface area contributed by atoms with Crippen LogP contribution < -0.4 is 5.69 Å². The highest BCUT2D eigenvalue weighted by Crippen LogP contribution is 2.17. The van der Waals surface area contributed by atoms with Crippen molar-refractivity contribution in [1.29, 1.82) is 0 Å². The van der Waals surface area contributed by atoms with Gasteiger partial charge in [0, 0.05) is 16.8 Å². The standard InChI is InChI=1S/C13H8ClN3O/c14-10-6-4-9(5-7-10)12-15-11-3-1-2-8-17(11)13(18)16-12/h1-8H. The maximum atomic E-state index is 11.8. The van der Waals surface area contributed by atoms with Crippen molar-refractivity contribution in [2.24, 2.45) is 0 Å². The summed E-state index contributed by atoms with van der Waals surface area (Å²) in [5, 5.41) is 0.635. The quantitative estimate of drug-likeness (QED) is 0.673. The predicted molar refractivity (Wildman–Crippen MR) is 69.7 cm³/mol. The Morgan fingerprint density at radius 3 is 2.56 bits per heavy atom. The van der Waals surface area contributed by atoms with E-state index in [1.54, 1.807) is 42.6 Å². The molecule has 0 bridgehead atoms. The highest BCUT2D eigenvalue weighted by Gasteiger charge is 2.05. The molecule has 0 aliphatic heterocycles. The van der Waals surface area contributed by atoms with E-state index in [0.29, 0.717) is 16.5 Å². The minimum atomic E-state index is -0.342. The first-order valence-corrected chi connectivity index (χ1v) is 5.73. The van der Waals surface area contributed by atoms with E-state index < -0.39 is 0 Å². The Labute approximate surface area is 108 Å². The summed E-state index contributed by atoms with van der Waals surface area (Å²) in [6.07, 6.45) is 1.64. The second-order valence-electron chi connectivity index (χ2n) is 3.77. The number of hydrogen-bond acceptors (Lipinski definition) is 3. The Kier molecular flexibility index (Phi) is 2.57. The molecule has 0 radical (unpaired) electrons. The van der Waals surface area contributed by atoms with Gasteiger partial charge in [-0.05, 0) is 36.4 Å². The maximum absolute atomic E-state index is 11.8. The number of aromatic nitrogens is 3. The van der Waals surface area contributed by atoms with E-state index in [9.17, 15) is 4.79 Å². The monoisotopic (exact) mass is 257 g/mol. The van der Waals surface area contributed by atoms with Crippen molar-refractivity contribution in [2.75, 3.05) is 0 Å². The van der Waals surface area contributed by atoms with Crippen LogP contribution in [0.2, 0.25) is 5.02 Å². The molecule has 0 fully saturated rings. The van der Waals surface area contributed by atoms with Crippen molar-refractivity contribution in [2.45, 2.75) is 0 Å². The van der Waals surface area contributed by atoms with E-state index in [4.69, 9.17) is 11.6 Å². The van der Waals surface area contributed by atoms with Gasteiger partial charge in [0.2, 0.25) is 0 Å². The Morgan fingerprint density at radius 1 is 1.00 bits per heavy atom. The van der Waals surface area contributed by atoms with Gasteiger partial charge in [-0.15, -0.1) is 0 Å². The molecule has 3 aromatic rings. The van der Waals surface area contributed by atoms with E-state index in [1.807, 2.05) is 6.07 Å². The molecule has 2 aromatic heterocycles. The minimum absolute atomic E-state index is 0.342. The molecule has 1 aromatic carbocycles. The molecule has 0 saturated carbocycles. The molecule has 0 aliphatic carbocycles. The van der Waals surface area contributed by atoms with Crippen LogP contribution in [0.25, 0.3) is 17.0 Å². The van der Waals surface area contributed by atoms with E-state index in [-0.39, 0.29) is 5.69 Å². The first-order chi connectivity index (χ1) is 8.74. The van der Waals surface area contributed by atoms with Gasteiger partial charge in [-0.3, -0.25) is 4.40 Å². The van der Waals surface area contributed by atoms with Gasteiger partial charge >= 0.3 is 5.69 Å². The molecule has 0 aliphatic rings. The maximum Gasteiger partial charge on any atom is 0.355 e. The average molecular weight is 258 g/mol. The molecular formula is C13H8ClN3O. The number of benzene rings is 1. The molecule has 0 spiro atoms. The highest BCUT2D eigenvalue weighted by molar-refractivity contribution is 6.30. The predicted octanol–water partition coefficient (Wildman–Crippen LogP) is 2.41. The van der Waals surface area contributed by atoms with E-state index >= 15 is 0 Å². The Bertz CT molecular complexity index is 765. The molecule has 4 nitrogen and oxygen atoms in total. The van der Waals surface area contributed by atoms with Gasteiger partial charge < -0.3 is 0 Å². The molecule has 0 saturated heterocycles. The second-order valence-corrected chi connectivity index (χ2v) is 4.20. The van der Waals surface area contributed by atoms with Crippen LogP contribution in [0.1, 0.15) is 0 Å². The summed E-state index contributed by atoms with van der Waals surface area (Å²) in [5.41, 5.74) is 0.996. The highest BCUT2D eigenvalue weighted by atomic mass is 35.5. The topological polar surface area (TPSA) is 47.3 Å². The van der Waals surface area contributed by atoms with Crippen LogP contribution in [-0.2, 0) is 0 Å². The fourth-order valence-corrected chi connectivity index (χ4v) is 1.82. The van der Waals surface area contributed by atoms with Gasteiger partial charge in [-0.25, -0.2) is 9.78 Å². The number of pyridine rings is 1. The SMILES string of the molecule is O=c1nc(-c2ccc(Cl)cc2)nc2ccccn12. The number of rotatable bonds is 1. The van der Waals surface area contributed by atoms with E-state index in [1.165, 1.54) is 4.40 Å². The molecule has 18 heavy (non-hydrogen) atoms. The third kappa shape index (κ3) is 1.87. The summed E-state index contributed by atoms with van der Waals surface area (Å²) < 4.78 is 1.40. The van der Waals surface area contributed by atoms with Gasteiger partial charge in [0.15, 0.2) is 5.82 Å². The summed E-state index contributed by atoms with van der Waals surface area (Å²) >= 11 is 5.82. The molecule has 0 N–H and O–H groups in total. The summed E-state index contributed by atoms with van der Waals surface area (Å²) in [4.78, 5) is 20.1. The lowest BCUT2D eigenvalue weighted by molar-refractivity contribution is 0.948. The van der Waals surface area contributed by atoms with Crippen molar-refractivity contribution in [3.05, 3.63) is 64.2 Å². The lowest BCUT2D eigenvalue weighted by Crippen LogP contribution is -2.18. The molecule has 3 rings (SSSR count). The first kappa shape index (κ1) is 10.9. The zero-order valence-corrected chi connectivity index (χ0v) is 10.0. The average Bonchev–Trinajstić information content (AvgIpc) is 2.39. The van der Waals surface area contributed by atoms with Crippen molar-refractivity contribution >= 4 is 17.2 Å². The smallest absolute Gasteiger partial charge is 0.251 e. The van der Waals surface area contributed by atoms with E-state index in [0.717, 1.165) is 5.56 Å². The zero-order chi connectivity index (χ0) is 12.5. The fourth-order valence-electron chi connectivity index (χ4n) is 1.69. The molecule has 0 amide bonds. The normalized spacial score (nSPS) is 10.7. The summed E-state index contributed by atoms with van der Waals surface area (Å²) in [7, 11) is 0. The first-order valence-electron chi connectivity index (χ1n) is 5.35. The number of halogens is 1. The Morgan fingerprint density at radius 2 is 1.78 bits per heavy atom. The Balaban J connectivity index is 2.24. The molecule has 0 unspecified atom stereocenters. The molecule has 2 heterocycles. The number of hydrogen-bond donors (Lipinski definition) is 0. The van der Waals surface area contributed by atoms with Crippen LogP contribution in [0.15, 0.2) is 53.5 Å². The van der Waals surface area contributed by atoms with Gasteiger partial charge in [-0.1, -0.05) is 17.7 Å². The van der Waals surface area contributed by atoms with Gasteiger partial charge in [0.05, 0.1) is 0 Å². The van der Waals surface area contributed by atoms with Crippen molar-refractivity contribution in [3.8, 4) is 11.4 Å². The Hall–Kier alpha value is -2.20. The molecule has 5 heteroatoms. The summed E-state index contributed by atoms with van der Waals surface area (Å²) in [6, 6.07) is 12.4. The zero-order valence-electron chi connectivity index (χ0n) is 9.25. The van der Waals surface area contributed by atoms with Crippen LogP contribution in [0.5, 0.6) is 0 Å². The lowest BCUT2D eigenvalue weighted by atomic mass is 10.2. The third-order valence-corrected chi connectivity index (χ3v) is 2.82. The minimum Gasteiger partial charge on any atom is -0.251 e. The van der Waals surface area contributed by atoms with Gasteiger partial charge in [-0.2, -0.15) is 4.98 Å². The van der Waals surface area contributed by atoms with Crippen LogP contribution in [0, 0.1) is 0 Å². The third-order valence-electron chi connectivity index (χ3n) is 2.57. The fraction of sp³-hybridized carbons (Fsp3) is 0.